The molecule has 0 fully saturated rings. The van der Waals surface area contributed by atoms with Crippen LogP contribution in [0.4, 0.5) is 0 Å². The molecular weight excluding hydrogens is 326 g/mol. The summed E-state index contributed by atoms with van der Waals surface area (Å²) in [4.78, 5) is 4.71. The molecule has 132 valence electrons. The second-order valence-corrected chi connectivity index (χ2v) is 8.00. The van der Waals surface area contributed by atoms with Crippen LogP contribution in [0.25, 0.3) is 0 Å². The highest BCUT2D eigenvalue weighted by atomic mass is 32.2. The average Bonchev–Trinajstić information content (AvgIpc) is 3.16. The van der Waals surface area contributed by atoms with Gasteiger partial charge < -0.3 is 4.57 Å². The molecule has 1 aliphatic rings. The van der Waals surface area contributed by atoms with E-state index in [2.05, 4.69) is 19.4 Å². The average molecular weight is 351 g/mol. The molecule has 0 aliphatic carbocycles. The summed E-state index contributed by atoms with van der Waals surface area (Å²) < 4.78 is 32.3. The van der Waals surface area contributed by atoms with Crippen molar-refractivity contribution >= 4 is 10.0 Å². The molecule has 0 saturated carbocycles. The van der Waals surface area contributed by atoms with Gasteiger partial charge in [-0.3, -0.25) is 4.68 Å². The number of imidazole rings is 1. The van der Waals surface area contributed by atoms with E-state index in [9.17, 15) is 8.42 Å². The molecule has 0 saturated heterocycles. The minimum Gasteiger partial charge on any atom is -0.335 e. The molecule has 1 aliphatic heterocycles. The van der Waals surface area contributed by atoms with Crippen molar-refractivity contribution in [2.24, 2.45) is 13.0 Å². The smallest absolute Gasteiger partial charge is 0.244 e. The number of fused-ring (bicyclic) bond motifs is 1. The van der Waals surface area contributed by atoms with Gasteiger partial charge in [-0.15, -0.1) is 0 Å². The van der Waals surface area contributed by atoms with E-state index in [1.165, 1.54) is 0 Å². The fourth-order valence-electron chi connectivity index (χ4n) is 3.42. The summed E-state index contributed by atoms with van der Waals surface area (Å²) in [7, 11) is -1.75. The third-order valence-corrected chi connectivity index (χ3v) is 6.29. The van der Waals surface area contributed by atoms with Crippen molar-refractivity contribution in [3.63, 3.8) is 0 Å². The van der Waals surface area contributed by atoms with Gasteiger partial charge in [-0.25, -0.2) is 18.1 Å². The van der Waals surface area contributed by atoms with Gasteiger partial charge in [-0.1, -0.05) is 13.8 Å². The van der Waals surface area contributed by atoms with Crippen molar-refractivity contribution in [1.82, 2.24) is 24.1 Å². The van der Waals surface area contributed by atoms with Crippen LogP contribution in [0, 0.1) is 5.92 Å². The molecule has 2 aromatic rings. The Bertz CT molecular complexity index is 822. The highest BCUT2D eigenvalue weighted by molar-refractivity contribution is 7.89. The van der Waals surface area contributed by atoms with Crippen LogP contribution in [0.15, 0.2) is 17.3 Å². The summed E-state index contributed by atoms with van der Waals surface area (Å²) in [6, 6.07) is 0. The predicted molar refractivity (Wildman–Crippen MR) is 91.2 cm³/mol. The van der Waals surface area contributed by atoms with Gasteiger partial charge in [0.2, 0.25) is 10.0 Å². The molecule has 3 rings (SSSR count). The molecule has 0 unspecified atom stereocenters. The van der Waals surface area contributed by atoms with Gasteiger partial charge in [0.25, 0.3) is 0 Å². The molecule has 8 heteroatoms. The predicted octanol–water partition coefficient (Wildman–Crippen LogP) is 1.28. The van der Waals surface area contributed by atoms with Crippen LogP contribution < -0.4 is 4.72 Å². The Labute approximate surface area is 143 Å². The molecule has 0 aromatic carbocycles. The maximum Gasteiger partial charge on any atom is 0.244 e. The van der Waals surface area contributed by atoms with Crippen molar-refractivity contribution in [1.29, 1.82) is 0 Å². The zero-order valence-electron chi connectivity index (χ0n) is 14.5. The molecule has 1 atom stereocenters. The van der Waals surface area contributed by atoms with E-state index in [1.54, 1.807) is 17.9 Å². The monoisotopic (exact) mass is 351 g/mol. The van der Waals surface area contributed by atoms with E-state index in [-0.39, 0.29) is 5.92 Å². The number of aromatic nitrogens is 4. The Morgan fingerprint density at radius 1 is 1.33 bits per heavy atom. The first-order chi connectivity index (χ1) is 11.5. The molecule has 2 aromatic heterocycles. The van der Waals surface area contributed by atoms with Crippen molar-refractivity contribution in [2.45, 2.75) is 51.0 Å². The lowest BCUT2D eigenvalue weighted by Gasteiger charge is -2.23. The third-order valence-electron chi connectivity index (χ3n) is 4.74. The number of nitrogens with zero attached hydrogens (tertiary/aromatic N) is 4. The van der Waals surface area contributed by atoms with Crippen LogP contribution in [0.2, 0.25) is 0 Å². The Morgan fingerprint density at radius 2 is 2.12 bits per heavy atom. The van der Waals surface area contributed by atoms with Crippen LogP contribution in [0.5, 0.6) is 0 Å². The van der Waals surface area contributed by atoms with Gasteiger partial charge in [-0.2, -0.15) is 5.10 Å². The molecule has 1 N–H and O–H groups in total. The fraction of sp³-hybridized carbons (Fsp3) is 0.625. The summed E-state index contributed by atoms with van der Waals surface area (Å²) in [6.45, 7) is 5.23. The minimum absolute atomic E-state index is 0.279. The number of hydrogen-bond acceptors (Lipinski definition) is 4. The lowest BCUT2D eigenvalue weighted by Crippen LogP contribution is -2.33. The maximum absolute atomic E-state index is 12.9. The van der Waals surface area contributed by atoms with Gasteiger partial charge in [0.1, 0.15) is 10.7 Å². The van der Waals surface area contributed by atoms with E-state index in [0.29, 0.717) is 30.0 Å². The lowest BCUT2D eigenvalue weighted by atomic mass is 9.98. The van der Waals surface area contributed by atoms with Crippen LogP contribution in [0.3, 0.4) is 0 Å². The zero-order chi connectivity index (χ0) is 17.3. The van der Waals surface area contributed by atoms with E-state index in [4.69, 9.17) is 0 Å². The second-order valence-electron chi connectivity index (χ2n) is 6.30. The molecule has 7 nitrogen and oxygen atoms in total. The standard InChI is InChI=1S/C16H25N5O2S/c1-4-13-16(14(5-2)20(3)19-13)24(22,23)18-11-12-6-8-21-9-7-17-15(21)10-12/h7,9,12,18H,4-6,8,10-11H2,1-3H3/t12-/m1/s1. The van der Waals surface area contributed by atoms with Gasteiger partial charge in [0, 0.05) is 39.0 Å². The molecule has 0 bridgehead atoms. The quantitative estimate of drug-likeness (QED) is 0.850. The van der Waals surface area contributed by atoms with Crippen LogP contribution in [-0.2, 0) is 42.9 Å². The van der Waals surface area contributed by atoms with Crippen LogP contribution in [0.1, 0.15) is 37.5 Å². The Morgan fingerprint density at radius 3 is 2.83 bits per heavy atom. The fourth-order valence-corrected chi connectivity index (χ4v) is 5.10. The summed E-state index contributed by atoms with van der Waals surface area (Å²) in [5.74, 6) is 1.32. The summed E-state index contributed by atoms with van der Waals surface area (Å²) in [5, 5.41) is 4.37. The highest BCUT2D eigenvalue weighted by Gasteiger charge is 2.28. The maximum atomic E-state index is 12.9. The normalized spacial score (nSPS) is 17.9. The molecule has 24 heavy (non-hydrogen) atoms. The Hall–Kier alpha value is -1.67. The van der Waals surface area contributed by atoms with Gasteiger partial charge in [0.05, 0.1) is 11.4 Å². The number of aryl methyl sites for hydroxylation is 3. The first-order valence-corrected chi connectivity index (χ1v) is 9.99. The second kappa shape index (κ2) is 6.68. The van der Waals surface area contributed by atoms with Gasteiger partial charge in [-0.05, 0) is 25.2 Å². The van der Waals surface area contributed by atoms with Crippen molar-refractivity contribution in [3.8, 4) is 0 Å². The highest BCUT2D eigenvalue weighted by Crippen LogP contribution is 2.23. The van der Waals surface area contributed by atoms with Crippen LogP contribution >= 0.6 is 0 Å². The van der Waals surface area contributed by atoms with Gasteiger partial charge in [0.15, 0.2) is 0 Å². The van der Waals surface area contributed by atoms with E-state index in [1.807, 2.05) is 20.0 Å². The molecular formula is C16H25N5O2S. The molecule has 3 heterocycles. The number of nitrogens with one attached hydrogen (secondary N) is 1. The number of rotatable bonds is 6. The van der Waals surface area contributed by atoms with E-state index >= 15 is 0 Å². The Kier molecular flexibility index (Phi) is 4.78. The minimum atomic E-state index is -3.55. The molecule has 0 amide bonds. The number of sulfonamides is 1. The zero-order valence-corrected chi connectivity index (χ0v) is 15.3. The van der Waals surface area contributed by atoms with Crippen molar-refractivity contribution in [2.75, 3.05) is 6.54 Å². The summed E-state index contributed by atoms with van der Waals surface area (Å²) in [5.41, 5.74) is 1.40. The summed E-state index contributed by atoms with van der Waals surface area (Å²) >= 11 is 0. The van der Waals surface area contributed by atoms with Gasteiger partial charge >= 0.3 is 0 Å². The van der Waals surface area contributed by atoms with Crippen molar-refractivity contribution in [3.05, 3.63) is 29.6 Å². The Balaban J connectivity index is 1.76. The first kappa shape index (κ1) is 17.2. The lowest BCUT2D eigenvalue weighted by molar-refractivity contribution is 0.379. The SMILES string of the molecule is CCc1nn(C)c(CC)c1S(=O)(=O)NC[C@@H]1CCn2ccnc2C1. The van der Waals surface area contributed by atoms with E-state index in [0.717, 1.165) is 30.9 Å². The first-order valence-electron chi connectivity index (χ1n) is 8.50. The number of hydrogen-bond donors (Lipinski definition) is 1. The third kappa shape index (κ3) is 3.12. The largest absolute Gasteiger partial charge is 0.335 e. The topological polar surface area (TPSA) is 81.8 Å². The van der Waals surface area contributed by atoms with Crippen LogP contribution in [-0.4, -0.2) is 34.3 Å². The summed E-state index contributed by atoms with van der Waals surface area (Å²) in [6.07, 6.45) is 6.79. The van der Waals surface area contributed by atoms with E-state index < -0.39 is 10.0 Å². The molecule has 0 radical (unpaired) electrons. The van der Waals surface area contributed by atoms with Crippen molar-refractivity contribution < 1.29 is 8.42 Å². The molecule has 0 spiro atoms.